The number of carbonyl (C=O) groups excluding carboxylic acids is 1. The molecule has 0 spiro atoms. The van der Waals surface area contributed by atoms with Crippen molar-refractivity contribution >= 4 is 22.7 Å². The zero-order chi connectivity index (χ0) is 23.1. The van der Waals surface area contributed by atoms with Crippen molar-refractivity contribution in [3.8, 4) is 16.9 Å². The zero-order valence-electron chi connectivity index (χ0n) is 18.9. The highest BCUT2D eigenvalue weighted by molar-refractivity contribution is 6.13. The highest BCUT2D eigenvalue weighted by atomic mass is 16.5. The Labute approximate surface area is 191 Å². The summed E-state index contributed by atoms with van der Waals surface area (Å²) in [4.78, 5) is 18.1. The maximum atomic E-state index is 13.5. The van der Waals surface area contributed by atoms with Crippen molar-refractivity contribution in [2.24, 2.45) is 0 Å². The number of hydrogen-bond donors (Lipinski definition) is 1. The summed E-state index contributed by atoms with van der Waals surface area (Å²) in [6.45, 7) is 7.67. The maximum Gasteiger partial charge on any atom is 0.259 e. The van der Waals surface area contributed by atoms with Crippen LogP contribution in [0.4, 0.5) is 5.69 Å². The van der Waals surface area contributed by atoms with Gasteiger partial charge in [0.15, 0.2) is 0 Å². The second-order valence-electron chi connectivity index (χ2n) is 8.12. The quantitative estimate of drug-likeness (QED) is 0.398. The minimum atomic E-state index is -0.263. The molecule has 0 aliphatic heterocycles. The third kappa shape index (κ3) is 3.67. The number of nitrogens with zero attached hydrogens (tertiary/aromatic N) is 4. The van der Waals surface area contributed by atoms with Crippen molar-refractivity contribution in [3.63, 3.8) is 0 Å². The molecule has 0 atom stereocenters. The molecule has 0 saturated carbocycles. The van der Waals surface area contributed by atoms with Gasteiger partial charge >= 0.3 is 0 Å². The number of rotatable bonds is 4. The molecule has 33 heavy (non-hydrogen) atoms. The van der Waals surface area contributed by atoms with Crippen LogP contribution in [0.2, 0.25) is 0 Å². The van der Waals surface area contributed by atoms with E-state index in [2.05, 4.69) is 20.6 Å². The molecule has 1 N–H and O–H groups in total. The lowest BCUT2D eigenvalue weighted by Crippen LogP contribution is -2.14. The SMILES string of the molecule is Cc1ccc(-n2nc(C)c(NC(=O)c3cc(-c4ccccc4)nc4onc(C)c34)c2C)cc1. The lowest BCUT2D eigenvalue weighted by Gasteiger charge is -2.09. The van der Waals surface area contributed by atoms with E-state index < -0.39 is 0 Å². The second-order valence-corrected chi connectivity index (χ2v) is 8.12. The van der Waals surface area contributed by atoms with E-state index >= 15 is 0 Å². The van der Waals surface area contributed by atoms with E-state index in [0.717, 1.165) is 22.6 Å². The summed E-state index contributed by atoms with van der Waals surface area (Å²) < 4.78 is 7.25. The Morgan fingerprint density at radius 2 is 1.67 bits per heavy atom. The molecule has 164 valence electrons. The van der Waals surface area contributed by atoms with E-state index in [9.17, 15) is 4.79 Å². The Balaban J connectivity index is 1.56. The van der Waals surface area contributed by atoms with Gasteiger partial charge in [0.05, 0.1) is 45.1 Å². The number of aromatic nitrogens is 4. The molecule has 0 unspecified atom stereocenters. The van der Waals surface area contributed by atoms with Crippen molar-refractivity contribution < 1.29 is 9.32 Å². The van der Waals surface area contributed by atoms with Crippen molar-refractivity contribution in [3.05, 3.63) is 88.9 Å². The standard InChI is InChI=1S/C26H23N5O2/c1-15-10-12-20(13-11-15)31-18(4)24(17(3)29-31)28-25(32)21-14-22(19-8-6-5-7-9-19)27-26-23(21)16(2)30-33-26/h5-14H,1-4H3,(H,28,32). The normalized spacial score (nSPS) is 11.2. The minimum absolute atomic E-state index is 0.263. The molecule has 0 aliphatic carbocycles. The number of hydrogen-bond acceptors (Lipinski definition) is 5. The van der Waals surface area contributed by atoms with Crippen LogP contribution in [0, 0.1) is 27.7 Å². The topological polar surface area (TPSA) is 85.8 Å². The fourth-order valence-corrected chi connectivity index (χ4v) is 3.97. The highest BCUT2D eigenvalue weighted by Crippen LogP contribution is 2.29. The van der Waals surface area contributed by atoms with E-state index in [-0.39, 0.29) is 5.91 Å². The van der Waals surface area contributed by atoms with E-state index in [1.165, 1.54) is 5.56 Å². The molecule has 7 heteroatoms. The molecular formula is C26H23N5O2. The third-order valence-electron chi connectivity index (χ3n) is 5.74. The third-order valence-corrected chi connectivity index (χ3v) is 5.74. The van der Waals surface area contributed by atoms with Gasteiger partial charge in [0.25, 0.3) is 11.6 Å². The van der Waals surface area contributed by atoms with Crippen LogP contribution in [0.15, 0.2) is 65.2 Å². The molecule has 0 bridgehead atoms. The summed E-state index contributed by atoms with van der Waals surface area (Å²) in [5.74, 6) is -0.263. The van der Waals surface area contributed by atoms with Gasteiger partial charge < -0.3 is 9.84 Å². The van der Waals surface area contributed by atoms with Gasteiger partial charge in [-0.05, 0) is 45.9 Å². The molecule has 0 aliphatic rings. The Bertz CT molecular complexity index is 1480. The summed E-state index contributed by atoms with van der Waals surface area (Å²) >= 11 is 0. The van der Waals surface area contributed by atoms with Crippen LogP contribution in [-0.4, -0.2) is 25.8 Å². The first-order valence-corrected chi connectivity index (χ1v) is 10.7. The molecular weight excluding hydrogens is 414 g/mol. The highest BCUT2D eigenvalue weighted by Gasteiger charge is 2.22. The number of benzene rings is 2. The summed E-state index contributed by atoms with van der Waals surface area (Å²) in [6.07, 6.45) is 0. The number of anilines is 1. The van der Waals surface area contributed by atoms with Crippen molar-refractivity contribution in [1.29, 1.82) is 0 Å². The molecule has 0 radical (unpaired) electrons. The van der Waals surface area contributed by atoms with Crippen LogP contribution in [0.1, 0.15) is 33.0 Å². The molecule has 2 aromatic carbocycles. The Kier molecular flexibility index (Phi) is 5.01. The summed E-state index contributed by atoms with van der Waals surface area (Å²) in [5, 5.41) is 12.4. The fraction of sp³-hybridized carbons (Fsp3) is 0.154. The van der Waals surface area contributed by atoms with Crippen LogP contribution >= 0.6 is 0 Å². The molecule has 5 rings (SSSR count). The molecule has 7 nitrogen and oxygen atoms in total. The predicted octanol–water partition coefficient (Wildman–Crippen LogP) is 5.56. The van der Waals surface area contributed by atoms with Crippen LogP contribution in [0.25, 0.3) is 28.0 Å². The summed E-state index contributed by atoms with van der Waals surface area (Å²) in [6, 6.07) is 19.6. The second kappa shape index (κ2) is 8.02. The number of carbonyl (C=O) groups is 1. The molecule has 0 fully saturated rings. The molecule has 3 heterocycles. The van der Waals surface area contributed by atoms with Crippen LogP contribution < -0.4 is 5.32 Å². The van der Waals surface area contributed by atoms with Crippen LogP contribution in [-0.2, 0) is 0 Å². The van der Waals surface area contributed by atoms with E-state index in [4.69, 9.17) is 4.52 Å². The Morgan fingerprint density at radius 1 is 0.939 bits per heavy atom. The first-order chi connectivity index (χ1) is 15.9. The lowest BCUT2D eigenvalue weighted by molar-refractivity contribution is 0.102. The maximum absolute atomic E-state index is 13.5. The van der Waals surface area contributed by atoms with Gasteiger partial charge in [0.2, 0.25) is 0 Å². The van der Waals surface area contributed by atoms with Crippen molar-refractivity contribution in [2.45, 2.75) is 27.7 Å². The Hall–Kier alpha value is -4.26. The molecule has 1 amide bonds. The average Bonchev–Trinajstić information content (AvgIpc) is 3.34. The number of nitrogens with one attached hydrogen (secondary N) is 1. The average molecular weight is 438 g/mol. The molecule has 5 aromatic rings. The van der Waals surface area contributed by atoms with Gasteiger partial charge in [-0.1, -0.05) is 53.2 Å². The van der Waals surface area contributed by atoms with Gasteiger partial charge in [-0.2, -0.15) is 5.10 Å². The predicted molar refractivity (Wildman–Crippen MR) is 128 cm³/mol. The first kappa shape index (κ1) is 20.6. The van der Waals surface area contributed by atoms with Gasteiger partial charge in [-0.25, -0.2) is 9.67 Å². The summed E-state index contributed by atoms with van der Waals surface area (Å²) in [7, 11) is 0. The minimum Gasteiger partial charge on any atom is -0.335 e. The van der Waals surface area contributed by atoms with Gasteiger partial charge in [-0.15, -0.1) is 0 Å². The first-order valence-electron chi connectivity index (χ1n) is 10.7. The largest absolute Gasteiger partial charge is 0.335 e. The van der Waals surface area contributed by atoms with Gasteiger partial charge in [0, 0.05) is 5.56 Å². The summed E-state index contributed by atoms with van der Waals surface area (Å²) in [5.41, 5.74) is 7.32. The van der Waals surface area contributed by atoms with E-state index in [1.807, 2.05) is 80.1 Å². The smallest absolute Gasteiger partial charge is 0.259 e. The van der Waals surface area contributed by atoms with Crippen LogP contribution in [0.3, 0.4) is 0 Å². The number of fused-ring (bicyclic) bond motifs is 1. The number of amides is 1. The van der Waals surface area contributed by atoms with Crippen molar-refractivity contribution in [1.82, 2.24) is 19.9 Å². The number of aryl methyl sites for hydroxylation is 3. The van der Waals surface area contributed by atoms with Crippen LogP contribution in [0.5, 0.6) is 0 Å². The lowest BCUT2D eigenvalue weighted by atomic mass is 10.0. The van der Waals surface area contributed by atoms with E-state index in [1.54, 1.807) is 13.0 Å². The van der Waals surface area contributed by atoms with E-state index in [0.29, 0.717) is 33.7 Å². The Morgan fingerprint density at radius 3 is 2.39 bits per heavy atom. The number of pyridine rings is 1. The molecule has 0 saturated heterocycles. The monoisotopic (exact) mass is 437 g/mol. The van der Waals surface area contributed by atoms with Gasteiger partial charge in [-0.3, -0.25) is 4.79 Å². The zero-order valence-corrected chi connectivity index (χ0v) is 18.9. The molecule has 3 aromatic heterocycles. The van der Waals surface area contributed by atoms with Gasteiger partial charge in [0.1, 0.15) is 0 Å². The van der Waals surface area contributed by atoms with Crippen molar-refractivity contribution in [2.75, 3.05) is 5.32 Å². The fourth-order valence-electron chi connectivity index (χ4n) is 3.97.